The van der Waals surface area contributed by atoms with E-state index >= 15 is 0 Å². The Bertz CT molecular complexity index is 1380. The van der Waals surface area contributed by atoms with Crippen LogP contribution in [0.25, 0.3) is 0 Å². The first-order valence-electron chi connectivity index (χ1n) is 13.0. The minimum atomic E-state index is -5.08. The van der Waals surface area contributed by atoms with E-state index in [1.807, 2.05) is 24.3 Å². The number of rotatable bonds is 9. The summed E-state index contributed by atoms with van der Waals surface area (Å²) in [5.74, 6) is -3.25. The first-order valence-corrected chi connectivity index (χ1v) is 13.0. The van der Waals surface area contributed by atoms with E-state index in [1.165, 1.54) is 24.8 Å². The van der Waals surface area contributed by atoms with Crippen LogP contribution in [-0.4, -0.2) is 48.3 Å². The summed E-state index contributed by atoms with van der Waals surface area (Å²) < 4.78 is 70.0. The Hall–Kier alpha value is -4.19. The molecule has 0 heterocycles. The number of carboxylic acids is 1. The maximum Gasteiger partial charge on any atom is 0.490 e. The van der Waals surface area contributed by atoms with Crippen molar-refractivity contribution in [3.05, 3.63) is 94.6 Å². The van der Waals surface area contributed by atoms with Crippen molar-refractivity contribution in [2.24, 2.45) is 5.73 Å². The lowest BCUT2D eigenvalue weighted by Gasteiger charge is -2.31. The number of nitrogens with zero attached hydrogens (tertiary/aromatic N) is 1. The van der Waals surface area contributed by atoms with Crippen molar-refractivity contribution in [2.45, 2.75) is 44.5 Å². The fraction of sp³-hybridized carbons (Fsp3) is 0.333. The average Bonchev–Trinajstić information content (AvgIpc) is 2.96. The summed E-state index contributed by atoms with van der Waals surface area (Å²) in [7, 11) is 1.52. The molecule has 0 radical (unpaired) electrons. The van der Waals surface area contributed by atoms with Crippen LogP contribution in [-0.2, 0) is 29.2 Å². The number of methoxy groups -OCH3 is 1. The number of nitrogens with two attached hydrogens (primary N) is 1. The predicted octanol–water partition coefficient (Wildman–Crippen LogP) is 5.59. The van der Waals surface area contributed by atoms with Crippen LogP contribution in [0, 0.1) is 11.6 Å². The highest BCUT2D eigenvalue weighted by atomic mass is 19.4. The molecule has 0 saturated heterocycles. The fourth-order valence-corrected chi connectivity index (χ4v) is 4.60. The van der Waals surface area contributed by atoms with Crippen LogP contribution in [0.1, 0.15) is 41.0 Å². The Morgan fingerprint density at radius 1 is 1.05 bits per heavy atom. The zero-order valence-corrected chi connectivity index (χ0v) is 22.8. The highest BCUT2D eigenvalue weighted by Gasteiger charge is 2.38. The van der Waals surface area contributed by atoms with Gasteiger partial charge < -0.3 is 25.2 Å². The van der Waals surface area contributed by atoms with Crippen molar-refractivity contribution in [3.8, 4) is 11.5 Å². The van der Waals surface area contributed by atoms with Gasteiger partial charge in [0.05, 0.1) is 13.0 Å². The van der Waals surface area contributed by atoms with Gasteiger partial charge >= 0.3 is 12.1 Å². The molecule has 42 heavy (non-hydrogen) atoms. The number of benzene rings is 3. The van der Waals surface area contributed by atoms with Gasteiger partial charge in [-0.2, -0.15) is 13.2 Å². The number of fused-ring (bicyclic) bond motifs is 1. The van der Waals surface area contributed by atoms with Crippen LogP contribution in [0.15, 0.2) is 60.7 Å². The second-order valence-corrected chi connectivity index (χ2v) is 9.50. The van der Waals surface area contributed by atoms with E-state index in [0.29, 0.717) is 31.1 Å². The summed E-state index contributed by atoms with van der Waals surface area (Å²) in [5, 5.41) is 7.12. The topological polar surface area (TPSA) is 102 Å². The predicted molar refractivity (Wildman–Crippen MR) is 144 cm³/mol. The van der Waals surface area contributed by atoms with Crippen molar-refractivity contribution in [1.82, 2.24) is 4.90 Å². The maximum atomic E-state index is 13.9. The monoisotopic (exact) mass is 594 g/mol. The number of halogens is 5. The number of hydrogen-bond acceptors (Lipinski definition) is 5. The van der Waals surface area contributed by atoms with E-state index in [1.54, 1.807) is 11.0 Å². The van der Waals surface area contributed by atoms with Gasteiger partial charge in [-0.15, -0.1) is 0 Å². The molecule has 0 spiro atoms. The highest BCUT2D eigenvalue weighted by molar-refractivity contribution is 5.84. The Balaban J connectivity index is 0.000000616. The summed E-state index contributed by atoms with van der Waals surface area (Å²) >= 11 is 0. The van der Waals surface area contributed by atoms with Crippen LogP contribution >= 0.6 is 0 Å². The molecule has 7 nitrogen and oxygen atoms in total. The van der Waals surface area contributed by atoms with E-state index in [4.69, 9.17) is 25.1 Å². The van der Waals surface area contributed by atoms with Crippen LogP contribution in [0.3, 0.4) is 0 Å². The molecule has 1 atom stereocenters. The summed E-state index contributed by atoms with van der Waals surface area (Å²) in [5.41, 5.74) is 9.31. The number of carbonyl (C=O) groups excluding carboxylic acids is 1. The molecule has 0 aromatic heterocycles. The number of carboxylic acid groups (broad SMARTS) is 1. The van der Waals surface area contributed by atoms with Crippen molar-refractivity contribution in [2.75, 3.05) is 20.2 Å². The molecule has 0 aliphatic heterocycles. The molecule has 3 aromatic rings. The van der Waals surface area contributed by atoms with Gasteiger partial charge in [0.2, 0.25) is 5.91 Å². The van der Waals surface area contributed by atoms with E-state index in [-0.39, 0.29) is 24.0 Å². The van der Waals surface area contributed by atoms with E-state index in [2.05, 4.69) is 12.1 Å². The normalized spacial score (nSPS) is 14.2. The zero-order chi connectivity index (χ0) is 30.9. The van der Waals surface area contributed by atoms with Crippen molar-refractivity contribution < 1.29 is 46.1 Å². The second kappa shape index (κ2) is 14.6. The SMILES string of the molecule is COc1cc(CN(CCN)C(=O)C2CCCc3ccccc32)ccc1OCc1ccc(F)cc1F.O=C(O)C(F)(F)F. The maximum absolute atomic E-state index is 13.9. The van der Waals surface area contributed by atoms with Crippen molar-refractivity contribution >= 4 is 11.9 Å². The van der Waals surface area contributed by atoms with E-state index in [0.717, 1.165) is 36.5 Å². The quantitative estimate of drug-likeness (QED) is 0.313. The fourth-order valence-electron chi connectivity index (χ4n) is 4.60. The van der Waals surface area contributed by atoms with Gasteiger partial charge in [0, 0.05) is 31.3 Å². The molecular formula is C30H31F5N2O5. The zero-order valence-electron chi connectivity index (χ0n) is 22.8. The van der Waals surface area contributed by atoms with Gasteiger partial charge in [0.15, 0.2) is 11.5 Å². The summed E-state index contributed by atoms with van der Waals surface area (Å²) in [6, 6.07) is 16.9. The third kappa shape index (κ3) is 8.65. The Morgan fingerprint density at radius 3 is 2.40 bits per heavy atom. The lowest BCUT2D eigenvalue weighted by molar-refractivity contribution is -0.192. The average molecular weight is 595 g/mol. The molecular weight excluding hydrogens is 563 g/mol. The summed E-state index contributed by atoms with van der Waals surface area (Å²) in [6.07, 6.45) is -2.28. The minimum Gasteiger partial charge on any atom is -0.493 e. The standard InChI is InChI=1S/C28H30F2N2O3.C2HF3O2/c1-34-27-15-19(9-12-26(27)35-18-21-10-11-22(29)16-25(21)30)17-32(14-13-31)28(33)24-8-4-6-20-5-2-3-7-23(20)24;3-2(4,5)1(6)7/h2-3,5,7,9-12,15-16,24H,4,6,8,13-14,17-18,31H2,1H3;(H,6,7). The molecule has 0 bridgehead atoms. The lowest BCUT2D eigenvalue weighted by Crippen LogP contribution is -2.39. The Morgan fingerprint density at radius 2 is 1.76 bits per heavy atom. The van der Waals surface area contributed by atoms with E-state index < -0.39 is 23.8 Å². The first kappa shape index (κ1) is 32.3. The smallest absolute Gasteiger partial charge is 0.490 e. The molecule has 4 rings (SSSR count). The molecule has 1 aliphatic carbocycles. The number of aliphatic carboxylic acids is 1. The van der Waals surface area contributed by atoms with Crippen LogP contribution in [0.5, 0.6) is 11.5 Å². The lowest BCUT2D eigenvalue weighted by atomic mass is 9.82. The number of carbonyl (C=O) groups is 2. The third-order valence-corrected chi connectivity index (χ3v) is 6.62. The molecule has 0 saturated carbocycles. The number of amides is 1. The van der Waals surface area contributed by atoms with Crippen molar-refractivity contribution in [1.29, 1.82) is 0 Å². The van der Waals surface area contributed by atoms with Gasteiger partial charge in [0.25, 0.3) is 0 Å². The van der Waals surface area contributed by atoms with Crippen LogP contribution in [0.4, 0.5) is 22.0 Å². The number of hydrogen-bond donors (Lipinski definition) is 2. The molecule has 1 amide bonds. The van der Waals surface area contributed by atoms with Gasteiger partial charge in [0.1, 0.15) is 18.2 Å². The number of alkyl halides is 3. The Kier molecular flexibility index (Phi) is 11.3. The van der Waals surface area contributed by atoms with Gasteiger partial charge in [-0.05, 0) is 60.2 Å². The molecule has 1 aliphatic rings. The number of aryl methyl sites for hydroxylation is 1. The molecule has 12 heteroatoms. The van der Waals surface area contributed by atoms with Gasteiger partial charge in [-0.1, -0.05) is 30.3 Å². The number of ether oxygens (including phenoxy) is 2. The first-order chi connectivity index (χ1) is 19.9. The largest absolute Gasteiger partial charge is 0.493 e. The second-order valence-electron chi connectivity index (χ2n) is 9.50. The molecule has 1 unspecified atom stereocenters. The van der Waals surface area contributed by atoms with Crippen LogP contribution in [0.2, 0.25) is 0 Å². The molecule has 3 aromatic carbocycles. The summed E-state index contributed by atoms with van der Waals surface area (Å²) in [6.45, 7) is 1.13. The molecule has 3 N–H and O–H groups in total. The van der Waals surface area contributed by atoms with E-state index in [9.17, 15) is 26.7 Å². The van der Waals surface area contributed by atoms with Crippen LogP contribution < -0.4 is 15.2 Å². The molecule has 0 fully saturated rings. The molecule has 226 valence electrons. The third-order valence-electron chi connectivity index (χ3n) is 6.62. The summed E-state index contributed by atoms with van der Waals surface area (Å²) in [4.78, 5) is 24.2. The van der Waals surface area contributed by atoms with Gasteiger partial charge in [-0.25, -0.2) is 13.6 Å². The van der Waals surface area contributed by atoms with Crippen molar-refractivity contribution in [3.63, 3.8) is 0 Å². The minimum absolute atomic E-state index is 0.0688. The Labute approximate surface area is 239 Å². The van der Waals surface area contributed by atoms with Gasteiger partial charge in [-0.3, -0.25) is 4.79 Å². The highest BCUT2D eigenvalue weighted by Crippen LogP contribution is 2.34.